The van der Waals surface area contributed by atoms with Gasteiger partial charge in [-0.15, -0.1) is 0 Å². The van der Waals surface area contributed by atoms with E-state index >= 15 is 0 Å². The maximum absolute atomic E-state index is 12.2. The van der Waals surface area contributed by atoms with Crippen LogP contribution in [-0.4, -0.2) is 20.9 Å². The lowest BCUT2D eigenvalue weighted by atomic mass is 10.2. The van der Waals surface area contributed by atoms with Crippen LogP contribution in [0.1, 0.15) is 16.2 Å². The van der Waals surface area contributed by atoms with Crippen LogP contribution in [0.3, 0.4) is 0 Å². The Kier molecular flexibility index (Phi) is 3.62. The second-order valence-electron chi connectivity index (χ2n) is 4.53. The van der Waals surface area contributed by atoms with Gasteiger partial charge in [0.15, 0.2) is 0 Å². The van der Waals surface area contributed by atoms with Gasteiger partial charge in [0.25, 0.3) is 5.91 Å². The Labute approximate surface area is 129 Å². The molecule has 0 unspecified atom stereocenters. The van der Waals surface area contributed by atoms with E-state index in [2.05, 4.69) is 36.2 Å². The average molecular weight is 343 g/mol. The number of carbonyl (C=O) groups is 1. The highest BCUT2D eigenvalue weighted by molar-refractivity contribution is 9.10. The second kappa shape index (κ2) is 5.57. The van der Waals surface area contributed by atoms with E-state index in [1.54, 1.807) is 12.4 Å². The number of rotatable bonds is 2. The van der Waals surface area contributed by atoms with E-state index in [1.165, 1.54) is 6.20 Å². The van der Waals surface area contributed by atoms with Gasteiger partial charge in [-0.05, 0) is 35.0 Å². The number of hydrogen-bond acceptors (Lipinski definition) is 4. The molecule has 0 spiro atoms. The number of nitrogens with zero attached hydrogens (tertiary/aromatic N) is 3. The molecule has 0 saturated heterocycles. The van der Waals surface area contributed by atoms with Gasteiger partial charge in [0.1, 0.15) is 5.69 Å². The highest BCUT2D eigenvalue weighted by Crippen LogP contribution is 2.24. The van der Waals surface area contributed by atoms with E-state index in [4.69, 9.17) is 0 Å². The van der Waals surface area contributed by atoms with Crippen molar-refractivity contribution >= 4 is 38.4 Å². The lowest BCUT2D eigenvalue weighted by Crippen LogP contribution is -2.14. The van der Waals surface area contributed by atoms with E-state index < -0.39 is 0 Å². The zero-order valence-electron chi connectivity index (χ0n) is 11.2. The Balaban J connectivity index is 1.94. The molecule has 0 aliphatic heterocycles. The van der Waals surface area contributed by atoms with Crippen molar-refractivity contribution in [3.05, 3.63) is 58.7 Å². The topological polar surface area (TPSA) is 67.8 Å². The molecule has 0 bridgehead atoms. The maximum Gasteiger partial charge on any atom is 0.275 e. The van der Waals surface area contributed by atoms with Gasteiger partial charge < -0.3 is 5.32 Å². The Bertz CT molecular complexity index is 818. The molecule has 3 aromatic rings. The Morgan fingerprint density at radius 2 is 2.00 bits per heavy atom. The van der Waals surface area contributed by atoms with Crippen LogP contribution in [0, 0.1) is 6.92 Å². The minimum absolute atomic E-state index is 0.273. The van der Waals surface area contributed by atoms with Crippen molar-refractivity contribution in [1.29, 1.82) is 0 Å². The van der Waals surface area contributed by atoms with Crippen molar-refractivity contribution in [2.75, 3.05) is 5.32 Å². The number of amides is 1. The second-order valence-corrected chi connectivity index (χ2v) is 5.44. The molecule has 0 radical (unpaired) electrons. The molecule has 3 rings (SSSR count). The highest BCUT2D eigenvalue weighted by atomic mass is 79.9. The van der Waals surface area contributed by atoms with Crippen molar-refractivity contribution in [1.82, 2.24) is 15.0 Å². The van der Waals surface area contributed by atoms with Gasteiger partial charge in [-0.1, -0.05) is 12.1 Å². The fourth-order valence-electron chi connectivity index (χ4n) is 1.93. The summed E-state index contributed by atoms with van der Waals surface area (Å²) in [5.74, 6) is -0.306. The Hall–Kier alpha value is -2.34. The fraction of sp³-hybridized carbons (Fsp3) is 0.0667. The van der Waals surface area contributed by atoms with Crippen molar-refractivity contribution in [2.24, 2.45) is 0 Å². The van der Waals surface area contributed by atoms with E-state index in [-0.39, 0.29) is 11.6 Å². The standard InChI is InChI=1S/C15H11BrN4O/c1-9-6-18-13(8-17-9)15(21)20-12-4-2-3-10-5-11(16)7-19-14(10)12/h2-8H,1H3,(H,20,21). The summed E-state index contributed by atoms with van der Waals surface area (Å²) in [6.45, 7) is 1.82. The lowest BCUT2D eigenvalue weighted by molar-refractivity contribution is 0.102. The number of anilines is 1. The van der Waals surface area contributed by atoms with Crippen LogP contribution in [-0.2, 0) is 0 Å². The van der Waals surface area contributed by atoms with Crippen LogP contribution in [0.25, 0.3) is 10.9 Å². The third-order valence-electron chi connectivity index (χ3n) is 2.94. The summed E-state index contributed by atoms with van der Waals surface area (Å²) >= 11 is 3.38. The van der Waals surface area contributed by atoms with Crippen LogP contribution >= 0.6 is 15.9 Å². The van der Waals surface area contributed by atoms with Crippen molar-refractivity contribution in [3.8, 4) is 0 Å². The Morgan fingerprint density at radius 3 is 2.76 bits per heavy atom. The molecule has 0 aliphatic rings. The van der Waals surface area contributed by atoms with Crippen LogP contribution < -0.4 is 5.32 Å². The molecule has 2 heterocycles. The first-order chi connectivity index (χ1) is 10.1. The largest absolute Gasteiger partial charge is 0.319 e. The minimum Gasteiger partial charge on any atom is -0.319 e. The van der Waals surface area contributed by atoms with E-state index in [0.29, 0.717) is 5.69 Å². The molecule has 104 valence electrons. The van der Waals surface area contributed by atoms with Gasteiger partial charge in [0, 0.05) is 22.3 Å². The third kappa shape index (κ3) is 2.90. The summed E-state index contributed by atoms with van der Waals surface area (Å²) in [6, 6.07) is 7.56. The maximum atomic E-state index is 12.2. The molecule has 1 aromatic carbocycles. The molecular formula is C15H11BrN4O. The van der Waals surface area contributed by atoms with Gasteiger partial charge in [-0.3, -0.25) is 14.8 Å². The number of aromatic nitrogens is 3. The number of fused-ring (bicyclic) bond motifs is 1. The van der Waals surface area contributed by atoms with Crippen molar-refractivity contribution in [2.45, 2.75) is 6.92 Å². The lowest BCUT2D eigenvalue weighted by Gasteiger charge is -2.07. The molecule has 0 fully saturated rings. The smallest absolute Gasteiger partial charge is 0.275 e. The zero-order valence-corrected chi connectivity index (χ0v) is 12.8. The number of halogens is 1. The molecule has 6 heteroatoms. The summed E-state index contributed by atoms with van der Waals surface area (Å²) < 4.78 is 0.892. The monoisotopic (exact) mass is 342 g/mol. The zero-order chi connectivity index (χ0) is 14.8. The molecule has 2 aromatic heterocycles. The number of pyridine rings is 1. The number of hydrogen-bond donors (Lipinski definition) is 1. The van der Waals surface area contributed by atoms with Gasteiger partial charge >= 0.3 is 0 Å². The number of para-hydroxylation sites is 1. The van der Waals surface area contributed by atoms with Gasteiger partial charge in [-0.2, -0.15) is 0 Å². The third-order valence-corrected chi connectivity index (χ3v) is 3.37. The Morgan fingerprint density at radius 1 is 1.14 bits per heavy atom. The summed E-state index contributed by atoms with van der Waals surface area (Å²) in [5, 5.41) is 3.76. The van der Waals surface area contributed by atoms with Gasteiger partial charge in [0.05, 0.1) is 23.1 Å². The summed E-state index contributed by atoms with van der Waals surface area (Å²) in [5.41, 5.74) is 2.42. The first-order valence-corrected chi connectivity index (χ1v) is 7.07. The normalized spacial score (nSPS) is 10.6. The summed E-state index contributed by atoms with van der Waals surface area (Å²) in [4.78, 5) is 24.7. The number of aryl methyl sites for hydroxylation is 1. The van der Waals surface area contributed by atoms with Crippen LogP contribution in [0.4, 0.5) is 5.69 Å². The SMILES string of the molecule is Cc1cnc(C(=O)Nc2cccc3cc(Br)cnc23)cn1. The number of carbonyl (C=O) groups excluding carboxylic acids is 1. The minimum atomic E-state index is -0.306. The molecule has 0 saturated carbocycles. The summed E-state index contributed by atoms with van der Waals surface area (Å²) in [6.07, 6.45) is 4.72. The van der Waals surface area contributed by atoms with Crippen molar-refractivity contribution < 1.29 is 4.79 Å². The molecule has 5 nitrogen and oxygen atoms in total. The van der Waals surface area contributed by atoms with Gasteiger partial charge in [-0.25, -0.2) is 4.98 Å². The fourth-order valence-corrected chi connectivity index (χ4v) is 2.28. The van der Waals surface area contributed by atoms with Crippen LogP contribution in [0.15, 0.2) is 47.3 Å². The predicted molar refractivity (Wildman–Crippen MR) is 84.2 cm³/mol. The quantitative estimate of drug-likeness (QED) is 0.775. The van der Waals surface area contributed by atoms with Crippen molar-refractivity contribution in [3.63, 3.8) is 0 Å². The average Bonchev–Trinajstić information content (AvgIpc) is 2.47. The molecule has 1 N–H and O–H groups in total. The van der Waals surface area contributed by atoms with E-state index in [0.717, 1.165) is 21.1 Å². The molecule has 1 amide bonds. The van der Waals surface area contributed by atoms with E-state index in [9.17, 15) is 4.79 Å². The van der Waals surface area contributed by atoms with Gasteiger partial charge in [0.2, 0.25) is 0 Å². The molecule has 0 atom stereocenters. The van der Waals surface area contributed by atoms with E-state index in [1.807, 2.05) is 31.2 Å². The van der Waals surface area contributed by atoms with Crippen LogP contribution in [0.2, 0.25) is 0 Å². The summed E-state index contributed by atoms with van der Waals surface area (Å²) in [7, 11) is 0. The highest BCUT2D eigenvalue weighted by Gasteiger charge is 2.10. The number of benzene rings is 1. The first kappa shape index (κ1) is 13.6. The van der Waals surface area contributed by atoms with Crippen LogP contribution in [0.5, 0.6) is 0 Å². The number of nitrogens with one attached hydrogen (secondary N) is 1. The first-order valence-electron chi connectivity index (χ1n) is 6.28. The molecular weight excluding hydrogens is 332 g/mol. The molecule has 21 heavy (non-hydrogen) atoms. The predicted octanol–water partition coefficient (Wildman–Crippen LogP) is 3.35. The molecule has 0 aliphatic carbocycles.